The highest BCUT2D eigenvalue weighted by atomic mass is 19.1. The maximum absolute atomic E-state index is 13.4. The molecule has 0 radical (unpaired) electrons. The van der Waals surface area contributed by atoms with E-state index in [-0.39, 0.29) is 11.9 Å². The monoisotopic (exact) mass is 205 g/mol. The smallest absolute Gasteiger partial charge is 0.200 e. The summed E-state index contributed by atoms with van der Waals surface area (Å²) in [7, 11) is 0. The lowest BCUT2D eigenvalue weighted by atomic mass is 10.1. The van der Waals surface area contributed by atoms with Crippen molar-refractivity contribution in [2.45, 2.75) is 13.0 Å². The minimum atomic E-state index is -0.205. The van der Waals surface area contributed by atoms with Gasteiger partial charge in [0, 0.05) is 18.0 Å². The highest BCUT2D eigenvalue weighted by Gasteiger charge is 2.10. The summed E-state index contributed by atoms with van der Waals surface area (Å²) in [5.41, 5.74) is 0.633. The second kappa shape index (κ2) is 4.13. The van der Waals surface area contributed by atoms with Gasteiger partial charge in [0.2, 0.25) is 5.95 Å². The van der Waals surface area contributed by atoms with Crippen LogP contribution in [0.1, 0.15) is 18.5 Å². The molecular formula is C11H12FN3. The second-order valence-electron chi connectivity index (χ2n) is 3.33. The molecule has 1 aromatic carbocycles. The Kier molecular flexibility index (Phi) is 2.67. The van der Waals surface area contributed by atoms with Crippen molar-refractivity contribution in [1.82, 2.24) is 9.97 Å². The third kappa shape index (κ3) is 2.15. The topological polar surface area (TPSA) is 40.7 Å². The van der Waals surface area contributed by atoms with Crippen LogP contribution in [-0.4, -0.2) is 9.97 Å². The van der Waals surface area contributed by atoms with Crippen molar-refractivity contribution in [2.24, 2.45) is 0 Å². The van der Waals surface area contributed by atoms with E-state index >= 15 is 0 Å². The van der Waals surface area contributed by atoms with Crippen LogP contribution in [0.5, 0.6) is 0 Å². The van der Waals surface area contributed by atoms with Crippen LogP contribution >= 0.6 is 0 Å². The summed E-state index contributed by atoms with van der Waals surface area (Å²) in [6.07, 6.45) is 3.37. The normalized spacial score (nSPS) is 12.4. The number of anilines is 1. The summed E-state index contributed by atoms with van der Waals surface area (Å²) >= 11 is 0. The van der Waals surface area contributed by atoms with Gasteiger partial charge in [-0.2, -0.15) is 0 Å². The Morgan fingerprint density at radius 2 is 2.20 bits per heavy atom. The van der Waals surface area contributed by atoms with Crippen LogP contribution in [-0.2, 0) is 0 Å². The Bertz CT molecular complexity index is 425. The number of hydrogen-bond acceptors (Lipinski definition) is 2. The first-order chi connectivity index (χ1) is 7.27. The van der Waals surface area contributed by atoms with Crippen molar-refractivity contribution in [2.75, 3.05) is 5.32 Å². The Morgan fingerprint density at radius 1 is 1.40 bits per heavy atom. The van der Waals surface area contributed by atoms with Crippen LogP contribution in [0.3, 0.4) is 0 Å². The van der Waals surface area contributed by atoms with Gasteiger partial charge in [-0.1, -0.05) is 18.2 Å². The van der Waals surface area contributed by atoms with E-state index < -0.39 is 0 Å². The molecular weight excluding hydrogens is 193 g/mol. The summed E-state index contributed by atoms with van der Waals surface area (Å²) in [4.78, 5) is 6.93. The first-order valence-corrected chi connectivity index (χ1v) is 4.77. The molecule has 0 bridgehead atoms. The molecule has 0 spiro atoms. The van der Waals surface area contributed by atoms with Crippen LogP contribution in [0.25, 0.3) is 0 Å². The molecule has 1 unspecified atom stereocenters. The quantitative estimate of drug-likeness (QED) is 0.808. The predicted molar refractivity (Wildman–Crippen MR) is 57.0 cm³/mol. The van der Waals surface area contributed by atoms with Crippen LogP contribution in [0.4, 0.5) is 10.3 Å². The fourth-order valence-corrected chi connectivity index (χ4v) is 1.45. The van der Waals surface area contributed by atoms with Gasteiger partial charge >= 0.3 is 0 Å². The Labute approximate surface area is 87.4 Å². The number of halogens is 1. The minimum absolute atomic E-state index is 0.114. The molecule has 78 valence electrons. The molecule has 1 aromatic heterocycles. The van der Waals surface area contributed by atoms with Gasteiger partial charge in [-0.05, 0) is 13.0 Å². The number of aromatic amines is 1. The molecule has 0 saturated heterocycles. The lowest BCUT2D eigenvalue weighted by molar-refractivity contribution is 0.600. The number of rotatable bonds is 3. The minimum Gasteiger partial charge on any atom is -0.349 e. The summed E-state index contributed by atoms with van der Waals surface area (Å²) in [5, 5.41) is 3.07. The van der Waals surface area contributed by atoms with E-state index in [1.54, 1.807) is 24.5 Å². The molecule has 0 aliphatic heterocycles. The highest BCUT2D eigenvalue weighted by Crippen LogP contribution is 2.19. The fraction of sp³-hybridized carbons (Fsp3) is 0.182. The number of nitrogens with zero attached hydrogens (tertiary/aromatic N) is 1. The zero-order chi connectivity index (χ0) is 10.7. The number of H-pyrrole nitrogens is 1. The van der Waals surface area contributed by atoms with E-state index in [0.29, 0.717) is 11.5 Å². The molecule has 2 rings (SSSR count). The van der Waals surface area contributed by atoms with Crippen molar-refractivity contribution < 1.29 is 4.39 Å². The number of aromatic nitrogens is 2. The van der Waals surface area contributed by atoms with Crippen LogP contribution in [0, 0.1) is 5.82 Å². The molecule has 0 fully saturated rings. The maximum Gasteiger partial charge on any atom is 0.200 e. The van der Waals surface area contributed by atoms with Gasteiger partial charge in [-0.3, -0.25) is 0 Å². The van der Waals surface area contributed by atoms with Gasteiger partial charge in [0.15, 0.2) is 0 Å². The van der Waals surface area contributed by atoms with Gasteiger partial charge in [-0.25, -0.2) is 9.37 Å². The molecule has 2 N–H and O–H groups in total. The first kappa shape index (κ1) is 9.71. The highest BCUT2D eigenvalue weighted by molar-refractivity contribution is 5.31. The lowest BCUT2D eigenvalue weighted by Gasteiger charge is -2.13. The summed E-state index contributed by atoms with van der Waals surface area (Å²) in [5.74, 6) is 0.440. The number of nitrogens with one attached hydrogen (secondary N) is 2. The molecule has 0 aliphatic carbocycles. The Morgan fingerprint density at radius 3 is 2.87 bits per heavy atom. The average Bonchev–Trinajstić information content (AvgIpc) is 2.71. The molecule has 4 heteroatoms. The molecule has 0 amide bonds. The number of imidazole rings is 1. The molecule has 0 saturated carbocycles. The van der Waals surface area contributed by atoms with Crippen molar-refractivity contribution in [3.63, 3.8) is 0 Å². The number of benzene rings is 1. The maximum atomic E-state index is 13.4. The predicted octanol–water partition coefficient (Wildman–Crippen LogP) is 2.72. The Balaban J connectivity index is 2.15. The number of hydrogen-bond donors (Lipinski definition) is 2. The van der Waals surface area contributed by atoms with E-state index in [9.17, 15) is 4.39 Å². The van der Waals surface area contributed by atoms with Crippen molar-refractivity contribution in [3.05, 3.63) is 48.0 Å². The molecule has 3 nitrogen and oxygen atoms in total. The summed E-state index contributed by atoms with van der Waals surface area (Å²) in [6, 6.07) is 6.60. The third-order valence-electron chi connectivity index (χ3n) is 2.22. The van der Waals surface area contributed by atoms with E-state index in [2.05, 4.69) is 15.3 Å². The largest absolute Gasteiger partial charge is 0.349 e. The van der Waals surface area contributed by atoms with E-state index in [1.807, 2.05) is 13.0 Å². The SMILES string of the molecule is CC(Nc1ncc[nH]1)c1ccccc1F. The van der Waals surface area contributed by atoms with Gasteiger partial charge in [0.1, 0.15) is 5.82 Å². The summed E-state index contributed by atoms with van der Waals surface area (Å²) < 4.78 is 13.4. The van der Waals surface area contributed by atoms with Gasteiger partial charge in [-0.15, -0.1) is 0 Å². The average molecular weight is 205 g/mol. The van der Waals surface area contributed by atoms with Crippen LogP contribution < -0.4 is 5.32 Å². The molecule has 15 heavy (non-hydrogen) atoms. The van der Waals surface area contributed by atoms with Crippen molar-refractivity contribution >= 4 is 5.95 Å². The van der Waals surface area contributed by atoms with E-state index in [1.165, 1.54) is 6.07 Å². The lowest BCUT2D eigenvalue weighted by Crippen LogP contribution is -2.09. The Hall–Kier alpha value is -1.84. The van der Waals surface area contributed by atoms with Gasteiger partial charge in [0.05, 0.1) is 6.04 Å². The molecule has 1 heterocycles. The first-order valence-electron chi connectivity index (χ1n) is 4.77. The van der Waals surface area contributed by atoms with E-state index in [4.69, 9.17) is 0 Å². The van der Waals surface area contributed by atoms with Crippen LogP contribution in [0.15, 0.2) is 36.7 Å². The zero-order valence-electron chi connectivity index (χ0n) is 8.37. The fourth-order valence-electron chi connectivity index (χ4n) is 1.45. The zero-order valence-corrected chi connectivity index (χ0v) is 8.37. The summed E-state index contributed by atoms with van der Waals surface area (Å²) in [6.45, 7) is 1.89. The third-order valence-corrected chi connectivity index (χ3v) is 2.22. The molecule has 1 atom stereocenters. The van der Waals surface area contributed by atoms with Crippen molar-refractivity contribution in [3.8, 4) is 0 Å². The van der Waals surface area contributed by atoms with Gasteiger partial charge < -0.3 is 10.3 Å². The second-order valence-corrected chi connectivity index (χ2v) is 3.33. The van der Waals surface area contributed by atoms with E-state index in [0.717, 1.165) is 0 Å². The van der Waals surface area contributed by atoms with Crippen LogP contribution in [0.2, 0.25) is 0 Å². The van der Waals surface area contributed by atoms with Crippen molar-refractivity contribution in [1.29, 1.82) is 0 Å². The molecule has 2 aromatic rings. The molecule has 0 aliphatic rings. The standard InChI is InChI=1S/C11H12FN3/c1-8(15-11-13-6-7-14-11)9-4-2-3-5-10(9)12/h2-8H,1H3,(H2,13,14,15). The van der Waals surface area contributed by atoms with Gasteiger partial charge in [0.25, 0.3) is 0 Å².